The molecule has 2 bridgehead atoms. The third-order valence-electron chi connectivity index (χ3n) is 6.31. The Labute approximate surface area is 146 Å². The van der Waals surface area contributed by atoms with Gasteiger partial charge in [0.25, 0.3) is 0 Å². The van der Waals surface area contributed by atoms with Crippen LogP contribution in [0.2, 0.25) is 0 Å². The molecular formula is C19H33N3O2. The van der Waals surface area contributed by atoms with E-state index < -0.39 is 0 Å². The van der Waals surface area contributed by atoms with E-state index in [4.69, 9.17) is 4.74 Å². The molecule has 5 heteroatoms. The van der Waals surface area contributed by atoms with Gasteiger partial charge in [-0.2, -0.15) is 0 Å². The number of fused-ring (bicyclic) bond motifs is 2. The summed E-state index contributed by atoms with van der Waals surface area (Å²) < 4.78 is 5.15. The van der Waals surface area contributed by atoms with Gasteiger partial charge in [0.05, 0.1) is 12.5 Å². The van der Waals surface area contributed by atoms with Crippen molar-refractivity contribution in [2.75, 3.05) is 33.3 Å². The van der Waals surface area contributed by atoms with E-state index >= 15 is 0 Å². The second-order valence-electron chi connectivity index (χ2n) is 7.71. The van der Waals surface area contributed by atoms with Crippen molar-refractivity contribution in [2.45, 2.75) is 51.9 Å². The highest BCUT2D eigenvalue weighted by molar-refractivity contribution is 5.80. The highest BCUT2D eigenvalue weighted by atomic mass is 16.5. The number of nitrogens with one attached hydrogen (secondary N) is 1. The van der Waals surface area contributed by atoms with Crippen molar-refractivity contribution in [3.05, 3.63) is 0 Å². The van der Waals surface area contributed by atoms with E-state index in [9.17, 15) is 4.79 Å². The minimum Gasteiger partial charge on any atom is -0.466 e. The third kappa shape index (κ3) is 4.04. The van der Waals surface area contributed by atoms with Crippen LogP contribution in [0.5, 0.6) is 0 Å². The van der Waals surface area contributed by atoms with Crippen LogP contribution in [0.15, 0.2) is 4.99 Å². The van der Waals surface area contributed by atoms with E-state index in [0.29, 0.717) is 6.61 Å². The zero-order chi connectivity index (χ0) is 16.9. The van der Waals surface area contributed by atoms with Crippen LogP contribution in [0.1, 0.15) is 51.9 Å². The van der Waals surface area contributed by atoms with Gasteiger partial charge in [0, 0.05) is 26.7 Å². The number of carbonyl (C=O) groups is 1. The van der Waals surface area contributed by atoms with Crippen LogP contribution in [0, 0.1) is 23.7 Å². The largest absolute Gasteiger partial charge is 0.466 e. The van der Waals surface area contributed by atoms with Gasteiger partial charge in [-0.25, -0.2) is 0 Å². The molecule has 1 aliphatic heterocycles. The molecule has 0 spiro atoms. The summed E-state index contributed by atoms with van der Waals surface area (Å²) >= 11 is 0. The van der Waals surface area contributed by atoms with Crippen LogP contribution in [0.4, 0.5) is 0 Å². The van der Waals surface area contributed by atoms with Crippen molar-refractivity contribution in [3.63, 3.8) is 0 Å². The maximum absolute atomic E-state index is 11.8. The number of nitrogens with zero attached hydrogens (tertiary/aromatic N) is 2. The van der Waals surface area contributed by atoms with Gasteiger partial charge in [-0.05, 0) is 63.2 Å². The van der Waals surface area contributed by atoms with Gasteiger partial charge in [0.2, 0.25) is 0 Å². The van der Waals surface area contributed by atoms with E-state index in [1.54, 1.807) is 0 Å². The van der Waals surface area contributed by atoms with E-state index in [1.165, 1.54) is 32.1 Å². The number of rotatable bonds is 5. The van der Waals surface area contributed by atoms with Gasteiger partial charge in [0.1, 0.15) is 0 Å². The smallest absolute Gasteiger partial charge is 0.309 e. The number of guanidine groups is 1. The lowest BCUT2D eigenvalue weighted by Gasteiger charge is -2.33. The van der Waals surface area contributed by atoms with Crippen LogP contribution < -0.4 is 5.32 Å². The molecule has 1 saturated heterocycles. The maximum Gasteiger partial charge on any atom is 0.309 e. The average molecular weight is 335 g/mol. The zero-order valence-corrected chi connectivity index (χ0v) is 15.3. The Morgan fingerprint density at radius 2 is 2.00 bits per heavy atom. The van der Waals surface area contributed by atoms with Crippen molar-refractivity contribution in [1.29, 1.82) is 0 Å². The van der Waals surface area contributed by atoms with E-state index in [0.717, 1.165) is 56.2 Å². The Balaban J connectivity index is 1.38. The first-order valence-electron chi connectivity index (χ1n) is 9.83. The minimum absolute atomic E-state index is 0.0311. The minimum atomic E-state index is -0.0311. The van der Waals surface area contributed by atoms with Gasteiger partial charge in [-0.1, -0.05) is 6.42 Å². The first-order valence-corrected chi connectivity index (χ1v) is 9.83. The second kappa shape index (κ2) is 8.21. The summed E-state index contributed by atoms with van der Waals surface area (Å²) in [6.07, 6.45) is 8.89. The Bertz CT molecular complexity index is 458. The van der Waals surface area contributed by atoms with Crippen molar-refractivity contribution in [1.82, 2.24) is 10.2 Å². The molecule has 3 aliphatic rings. The highest BCUT2D eigenvalue weighted by Crippen LogP contribution is 2.49. The number of hydrogen-bond donors (Lipinski definition) is 1. The van der Waals surface area contributed by atoms with Crippen LogP contribution in [0.3, 0.4) is 0 Å². The van der Waals surface area contributed by atoms with Crippen molar-refractivity contribution in [3.8, 4) is 0 Å². The first kappa shape index (κ1) is 17.6. The van der Waals surface area contributed by atoms with Crippen molar-refractivity contribution < 1.29 is 9.53 Å². The fraction of sp³-hybridized carbons (Fsp3) is 0.895. The van der Waals surface area contributed by atoms with Gasteiger partial charge < -0.3 is 15.0 Å². The van der Waals surface area contributed by atoms with E-state index in [-0.39, 0.29) is 11.9 Å². The lowest BCUT2D eigenvalue weighted by Crippen LogP contribution is -2.47. The molecule has 3 fully saturated rings. The van der Waals surface area contributed by atoms with Crippen molar-refractivity contribution >= 4 is 11.9 Å². The molecule has 1 heterocycles. The molecule has 0 radical (unpaired) electrons. The SMILES string of the molecule is CCOC(=O)C1CCN(C(=NC)NCCC2CC3CCC2C3)CC1. The molecule has 3 rings (SSSR count). The first-order chi connectivity index (χ1) is 11.7. The van der Waals surface area contributed by atoms with Gasteiger partial charge in [-0.3, -0.25) is 9.79 Å². The fourth-order valence-corrected chi connectivity index (χ4v) is 5.02. The highest BCUT2D eigenvalue weighted by Gasteiger charge is 2.38. The van der Waals surface area contributed by atoms with Crippen molar-refractivity contribution in [2.24, 2.45) is 28.7 Å². The molecule has 0 amide bonds. The number of piperidine rings is 1. The molecule has 2 aliphatic carbocycles. The monoisotopic (exact) mass is 335 g/mol. The Morgan fingerprint density at radius 1 is 1.21 bits per heavy atom. The molecule has 0 aromatic heterocycles. The molecule has 3 atom stereocenters. The molecule has 1 N–H and O–H groups in total. The number of likely N-dealkylation sites (tertiary alicyclic amines) is 1. The molecule has 0 aromatic rings. The lowest BCUT2D eigenvalue weighted by molar-refractivity contribution is -0.149. The zero-order valence-electron chi connectivity index (χ0n) is 15.3. The standard InChI is InChI=1S/C19H33N3O2/c1-3-24-18(23)15-7-10-22(11-8-15)19(20-2)21-9-6-17-13-14-4-5-16(17)12-14/h14-17H,3-13H2,1-2H3,(H,20,21). The molecule has 2 saturated carbocycles. The maximum atomic E-state index is 11.8. The average Bonchev–Trinajstić information content (AvgIpc) is 3.22. The second-order valence-corrected chi connectivity index (χ2v) is 7.71. The van der Waals surface area contributed by atoms with E-state index in [2.05, 4.69) is 15.2 Å². The number of carbonyl (C=O) groups excluding carboxylic acids is 1. The van der Waals surface area contributed by atoms with Gasteiger partial charge in [0.15, 0.2) is 5.96 Å². The van der Waals surface area contributed by atoms with Gasteiger partial charge in [-0.15, -0.1) is 0 Å². The summed E-state index contributed by atoms with van der Waals surface area (Å²) in [4.78, 5) is 18.6. The van der Waals surface area contributed by atoms with Crippen LogP contribution in [-0.4, -0.2) is 50.1 Å². The number of esters is 1. The van der Waals surface area contributed by atoms with Gasteiger partial charge >= 0.3 is 5.97 Å². The predicted molar refractivity (Wildman–Crippen MR) is 95.8 cm³/mol. The number of aliphatic imine (C=N–C) groups is 1. The third-order valence-corrected chi connectivity index (χ3v) is 6.31. The molecule has 24 heavy (non-hydrogen) atoms. The predicted octanol–water partition coefficient (Wildman–Crippen LogP) is 2.66. The quantitative estimate of drug-likeness (QED) is 0.477. The molecule has 136 valence electrons. The van der Waals surface area contributed by atoms with Crippen LogP contribution in [-0.2, 0) is 9.53 Å². The summed E-state index contributed by atoms with van der Waals surface area (Å²) in [5, 5.41) is 3.55. The lowest BCUT2D eigenvalue weighted by atomic mass is 9.86. The van der Waals surface area contributed by atoms with E-state index in [1.807, 2.05) is 14.0 Å². The number of ether oxygens (including phenoxy) is 1. The number of hydrogen-bond acceptors (Lipinski definition) is 3. The molecule has 5 nitrogen and oxygen atoms in total. The fourth-order valence-electron chi connectivity index (χ4n) is 5.02. The summed E-state index contributed by atoms with van der Waals surface area (Å²) in [6.45, 7) is 5.15. The molecular weight excluding hydrogens is 302 g/mol. The van der Waals surface area contributed by atoms with Crippen LogP contribution >= 0.6 is 0 Å². The Kier molecular flexibility index (Phi) is 6.01. The van der Waals surface area contributed by atoms with Crippen LogP contribution in [0.25, 0.3) is 0 Å². The molecule has 3 unspecified atom stereocenters. The summed E-state index contributed by atoms with van der Waals surface area (Å²) in [5.74, 6) is 3.99. The Hall–Kier alpha value is -1.26. The summed E-state index contributed by atoms with van der Waals surface area (Å²) in [6, 6.07) is 0. The normalized spacial score (nSPS) is 30.7. The summed E-state index contributed by atoms with van der Waals surface area (Å²) in [5.41, 5.74) is 0. The summed E-state index contributed by atoms with van der Waals surface area (Å²) in [7, 11) is 1.86. The molecule has 0 aromatic carbocycles. The topological polar surface area (TPSA) is 53.9 Å². The Morgan fingerprint density at radius 3 is 2.58 bits per heavy atom.